The number of ether oxygens (including phenoxy) is 1. The number of hydrogen-bond donors (Lipinski definition) is 1. The summed E-state index contributed by atoms with van der Waals surface area (Å²) in [6.07, 6.45) is 4.01. The van der Waals surface area contributed by atoms with Crippen LogP contribution < -0.4 is 5.32 Å². The van der Waals surface area contributed by atoms with E-state index in [1.165, 1.54) is 6.08 Å². The molecule has 1 saturated carbocycles. The number of nitrogens with zero attached hydrogens (tertiary/aromatic N) is 2. The summed E-state index contributed by atoms with van der Waals surface area (Å²) in [6.45, 7) is 16.2. The van der Waals surface area contributed by atoms with E-state index in [2.05, 4.69) is 43.8 Å². The Balaban J connectivity index is 2.56. The first-order valence-electron chi connectivity index (χ1n) is 10.2. The second kappa shape index (κ2) is 8.96. The Morgan fingerprint density at radius 3 is 2.42 bits per heavy atom. The smallest absolute Gasteiger partial charge is 0.413 e. The molecule has 0 bridgehead atoms. The van der Waals surface area contributed by atoms with Crippen LogP contribution in [0.4, 0.5) is 9.18 Å². The van der Waals surface area contributed by atoms with Gasteiger partial charge in [0.25, 0.3) is 0 Å². The van der Waals surface area contributed by atoms with E-state index < -0.39 is 37.5 Å². The molecule has 1 aliphatic carbocycles. The number of halogens is 2. The summed E-state index contributed by atoms with van der Waals surface area (Å²) >= 11 is 2.08. The molecule has 0 unspecified atom stereocenters. The average Bonchev–Trinajstić information content (AvgIpc) is 3.39. The second-order valence-corrected chi connectivity index (χ2v) is 14.2. The van der Waals surface area contributed by atoms with Crippen LogP contribution in [-0.4, -0.2) is 43.8 Å². The molecule has 0 aromatic carbocycles. The van der Waals surface area contributed by atoms with E-state index in [0.29, 0.717) is 0 Å². The molecule has 1 N–H and O–H groups in total. The van der Waals surface area contributed by atoms with E-state index in [0.717, 1.165) is 16.4 Å². The molecule has 9 heteroatoms. The molecule has 31 heavy (non-hydrogen) atoms. The van der Waals surface area contributed by atoms with Crippen LogP contribution in [0.5, 0.6) is 0 Å². The van der Waals surface area contributed by atoms with E-state index in [1.54, 1.807) is 47.6 Å². The number of allylic oxidation sites excluding steroid dienone is 3. The average molecular weight is 565 g/mol. The number of alkyl carbamates (subject to hydrolysis) is 1. The van der Waals surface area contributed by atoms with E-state index in [9.17, 15) is 13.4 Å². The molecule has 2 atom stereocenters. The number of amidine groups is 1. The van der Waals surface area contributed by atoms with Gasteiger partial charge in [-0.15, -0.1) is 0 Å². The number of nitrogens with one attached hydrogen (secondary N) is 1. The second-order valence-electron chi connectivity index (χ2n) is 9.74. The van der Waals surface area contributed by atoms with E-state index in [4.69, 9.17) is 4.74 Å². The quantitative estimate of drug-likeness (QED) is 0.344. The first kappa shape index (κ1) is 26.0. The van der Waals surface area contributed by atoms with Crippen molar-refractivity contribution in [3.05, 3.63) is 33.7 Å². The maximum absolute atomic E-state index is 14.9. The molecule has 6 nitrogen and oxygen atoms in total. The third kappa shape index (κ3) is 6.40. The summed E-state index contributed by atoms with van der Waals surface area (Å²) in [4.78, 5) is 17.2. The van der Waals surface area contributed by atoms with Gasteiger partial charge >= 0.3 is 6.09 Å². The highest BCUT2D eigenvalue weighted by Crippen LogP contribution is 2.40. The fourth-order valence-corrected chi connectivity index (χ4v) is 5.97. The Bertz CT molecular complexity index is 976. The molecule has 0 aromatic rings. The van der Waals surface area contributed by atoms with Gasteiger partial charge in [-0.25, -0.2) is 17.8 Å². The van der Waals surface area contributed by atoms with E-state index in [-0.39, 0.29) is 23.2 Å². The number of carbonyl (C=O) groups excluding carboxylic acids is 1. The van der Waals surface area contributed by atoms with Crippen LogP contribution in [-0.2, 0) is 14.5 Å². The first-order valence-corrected chi connectivity index (χ1v) is 13.0. The summed E-state index contributed by atoms with van der Waals surface area (Å²) in [5, 5.41) is 2.67. The van der Waals surface area contributed by atoms with Crippen molar-refractivity contribution >= 4 is 44.2 Å². The zero-order valence-corrected chi connectivity index (χ0v) is 22.3. The van der Waals surface area contributed by atoms with Gasteiger partial charge in [0.2, 0.25) is 0 Å². The van der Waals surface area contributed by atoms with Crippen molar-refractivity contribution in [2.45, 2.75) is 83.2 Å². The molecule has 0 radical (unpaired) electrons. The van der Waals surface area contributed by atoms with Crippen molar-refractivity contribution in [1.82, 2.24) is 5.32 Å². The SMILES string of the molecule is C=C(/C(F)=C\C=C(/C)I)[C@]1(C)C[S@](=O)(=NC2CC2)C(C)(C)C(NC(=O)OC(C)(C)C)=N1. The topological polar surface area (TPSA) is 80.1 Å². The number of amides is 1. The normalized spacial score (nSPS) is 29.1. The third-order valence-electron chi connectivity index (χ3n) is 5.09. The van der Waals surface area contributed by atoms with E-state index >= 15 is 0 Å². The fourth-order valence-electron chi connectivity index (χ4n) is 3.00. The van der Waals surface area contributed by atoms with Crippen molar-refractivity contribution in [2.75, 3.05) is 5.75 Å². The van der Waals surface area contributed by atoms with Crippen LogP contribution in [0.2, 0.25) is 0 Å². The third-order valence-corrected chi connectivity index (χ3v) is 8.83. The lowest BCUT2D eigenvalue weighted by atomic mass is 9.93. The zero-order chi connectivity index (χ0) is 23.8. The van der Waals surface area contributed by atoms with Crippen LogP contribution in [0.1, 0.15) is 61.3 Å². The first-order chi connectivity index (χ1) is 14.0. The summed E-state index contributed by atoms with van der Waals surface area (Å²) in [5.74, 6) is -0.359. The van der Waals surface area contributed by atoms with Gasteiger partial charge in [0.1, 0.15) is 22.0 Å². The monoisotopic (exact) mass is 565 g/mol. The molecular formula is C22H33FIN3O3S. The minimum Gasteiger partial charge on any atom is -0.444 e. The fraction of sp³-hybridized carbons (Fsp3) is 0.636. The Morgan fingerprint density at radius 2 is 1.94 bits per heavy atom. The minimum atomic E-state index is -2.91. The maximum Gasteiger partial charge on any atom is 0.413 e. The molecule has 0 saturated heterocycles. The predicted molar refractivity (Wildman–Crippen MR) is 134 cm³/mol. The van der Waals surface area contributed by atoms with Crippen LogP contribution >= 0.6 is 22.6 Å². The lowest BCUT2D eigenvalue weighted by molar-refractivity contribution is 0.0561. The number of carbonyl (C=O) groups is 1. The highest BCUT2D eigenvalue weighted by molar-refractivity contribution is 14.1. The van der Waals surface area contributed by atoms with Crippen molar-refractivity contribution in [3.63, 3.8) is 0 Å². The van der Waals surface area contributed by atoms with Gasteiger partial charge in [-0.1, -0.05) is 12.7 Å². The maximum atomic E-state index is 14.9. The zero-order valence-electron chi connectivity index (χ0n) is 19.3. The molecule has 1 amide bonds. The summed E-state index contributed by atoms with van der Waals surface area (Å²) in [7, 11) is -2.91. The highest BCUT2D eigenvalue weighted by Gasteiger charge is 2.50. The molecule has 1 fully saturated rings. The molecule has 174 valence electrons. The van der Waals surface area contributed by atoms with Gasteiger partial charge < -0.3 is 4.74 Å². The van der Waals surface area contributed by atoms with Gasteiger partial charge in [-0.2, -0.15) is 0 Å². The lowest BCUT2D eigenvalue weighted by Crippen LogP contribution is -2.59. The summed E-state index contributed by atoms with van der Waals surface area (Å²) in [6, 6.07) is 0.0233. The van der Waals surface area contributed by atoms with Crippen molar-refractivity contribution < 1.29 is 18.1 Å². The summed E-state index contributed by atoms with van der Waals surface area (Å²) < 4.78 is 38.9. The van der Waals surface area contributed by atoms with E-state index in [1.807, 2.05) is 6.92 Å². The molecule has 1 heterocycles. The molecule has 2 aliphatic rings. The molecule has 1 aliphatic heterocycles. The van der Waals surface area contributed by atoms with Gasteiger partial charge in [-0.3, -0.25) is 10.3 Å². The standard InChI is InChI=1S/C22H33FIN3O3S/c1-14(24)9-12-17(23)15(2)22(8)13-31(29,27-16-10-11-16)21(6,7)18(26-22)25-19(28)30-20(3,4)5/h9,12,16H,2,10-11,13H2,1,3-8H3,(H,25,26,28)/b14-9+,17-12+/t22-,31+/m0/s1. The van der Waals surface area contributed by atoms with Crippen LogP contribution in [0.25, 0.3) is 0 Å². The Hall–Kier alpha value is -1.23. The molecule has 2 rings (SSSR count). The largest absolute Gasteiger partial charge is 0.444 e. The Kier molecular flexibility index (Phi) is 7.52. The summed E-state index contributed by atoms with van der Waals surface area (Å²) in [5.41, 5.74) is -1.85. The predicted octanol–water partition coefficient (Wildman–Crippen LogP) is 5.84. The van der Waals surface area contributed by atoms with Gasteiger partial charge in [0, 0.05) is 5.57 Å². The highest BCUT2D eigenvalue weighted by atomic mass is 127. The Labute approximate surface area is 199 Å². The minimum absolute atomic E-state index is 0.0233. The Morgan fingerprint density at radius 1 is 1.35 bits per heavy atom. The molecule has 0 aromatic heterocycles. The van der Waals surface area contributed by atoms with Gasteiger partial charge in [0.05, 0.1) is 27.1 Å². The number of rotatable bonds is 4. The number of hydrogen-bond acceptors (Lipinski definition) is 5. The van der Waals surface area contributed by atoms with Crippen LogP contribution in [0.15, 0.2) is 43.1 Å². The lowest BCUT2D eigenvalue weighted by Gasteiger charge is -2.42. The molecule has 0 spiro atoms. The number of aliphatic imine (C=N–C) groups is 1. The van der Waals surface area contributed by atoms with Crippen molar-refractivity contribution in [1.29, 1.82) is 0 Å². The van der Waals surface area contributed by atoms with Gasteiger partial charge in [0.15, 0.2) is 0 Å². The van der Waals surface area contributed by atoms with Crippen molar-refractivity contribution in [2.24, 2.45) is 9.36 Å². The molecular weight excluding hydrogens is 532 g/mol. The van der Waals surface area contributed by atoms with Crippen molar-refractivity contribution in [3.8, 4) is 0 Å². The van der Waals surface area contributed by atoms with Gasteiger partial charge in [-0.05, 0) is 93.6 Å². The van der Waals surface area contributed by atoms with Crippen LogP contribution in [0, 0.1) is 0 Å². The van der Waals surface area contributed by atoms with Crippen LogP contribution in [0.3, 0.4) is 0 Å².